The molecule has 0 aromatic heterocycles. The van der Waals surface area contributed by atoms with E-state index in [4.69, 9.17) is 4.74 Å². The van der Waals surface area contributed by atoms with Crippen LogP contribution in [0.15, 0.2) is 48.5 Å². The SMILES string of the molecule is FC(F)c1ccc2c(c1)C1OCCCC1[C@H](c1ccccc1)N2. The molecule has 0 aliphatic carbocycles. The van der Waals surface area contributed by atoms with Crippen molar-refractivity contribution in [2.45, 2.75) is 31.4 Å². The molecule has 4 heteroatoms. The number of hydrogen-bond donors (Lipinski definition) is 1. The monoisotopic (exact) mass is 315 g/mol. The van der Waals surface area contributed by atoms with Gasteiger partial charge in [-0.2, -0.15) is 0 Å². The quantitative estimate of drug-likeness (QED) is 0.816. The summed E-state index contributed by atoms with van der Waals surface area (Å²) in [6.45, 7) is 0.695. The van der Waals surface area contributed by atoms with Crippen LogP contribution in [-0.4, -0.2) is 6.61 Å². The molecule has 2 aromatic carbocycles. The summed E-state index contributed by atoms with van der Waals surface area (Å²) in [5.74, 6) is 0.270. The van der Waals surface area contributed by atoms with Gasteiger partial charge in [0.25, 0.3) is 6.43 Å². The van der Waals surface area contributed by atoms with E-state index in [2.05, 4.69) is 17.4 Å². The first-order chi connectivity index (χ1) is 11.2. The van der Waals surface area contributed by atoms with Crippen molar-refractivity contribution in [1.29, 1.82) is 0 Å². The van der Waals surface area contributed by atoms with E-state index in [0.29, 0.717) is 6.61 Å². The molecule has 2 unspecified atom stereocenters. The Bertz CT molecular complexity index is 689. The molecule has 2 aliphatic heterocycles. The summed E-state index contributed by atoms with van der Waals surface area (Å²) in [7, 11) is 0. The van der Waals surface area contributed by atoms with Crippen LogP contribution in [0.4, 0.5) is 14.5 Å². The van der Waals surface area contributed by atoms with E-state index in [-0.39, 0.29) is 23.6 Å². The smallest absolute Gasteiger partial charge is 0.263 e. The highest BCUT2D eigenvalue weighted by atomic mass is 19.3. The van der Waals surface area contributed by atoms with Gasteiger partial charge in [0, 0.05) is 29.3 Å². The Morgan fingerprint density at radius 1 is 1.09 bits per heavy atom. The Morgan fingerprint density at radius 3 is 2.70 bits per heavy atom. The fourth-order valence-corrected chi connectivity index (χ4v) is 3.82. The van der Waals surface area contributed by atoms with Crippen molar-refractivity contribution in [2.75, 3.05) is 11.9 Å². The molecule has 3 atom stereocenters. The predicted octanol–water partition coefficient (Wildman–Crippen LogP) is 5.26. The van der Waals surface area contributed by atoms with Gasteiger partial charge in [0.1, 0.15) is 0 Å². The normalized spacial score (nSPS) is 26.3. The highest BCUT2D eigenvalue weighted by Crippen LogP contribution is 2.49. The molecule has 4 rings (SSSR count). The molecule has 1 N–H and O–H groups in total. The van der Waals surface area contributed by atoms with Gasteiger partial charge in [0.2, 0.25) is 0 Å². The molecular weight excluding hydrogens is 296 g/mol. The average Bonchev–Trinajstić information content (AvgIpc) is 2.61. The van der Waals surface area contributed by atoms with Gasteiger partial charge in [-0.3, -0.25) is 0 Å². The first kappa shape index (κ1) is 14.6. The van der Waals surface area contributed by atoms with E-state index in [9.17, 15) is 8.78 Å². The Morgan fingerprint density at radius 2 is 1.91 bits per heavy atom. The van der Waals surface area contributed by atoms with E-state index in [0.717, 1.165) is 24.1 Å². The van der Waals surface area contributed by atoms with Crippen molar-refractivity contribution in [2.24, 2.45) is 5.92 Å². The van der Waals surface area contributed by atoms with E-state index in [1.165, 1.54) is 11.6 Å². The molecule has 0 radical (unpaired) electrons. The lowest BCUT2D eigenvalue weighted by Gasteiger charge is -2.43. The van der Waals surface area contributed by atoms with Gasteiger partial charge in [-0.05, 0) is 30.5 Å². The number of fused-ring (bicyclic) bond motifs is 3. The Balaban J connectivity index is 1.77. The minimum atomic E-state index is -2.45. The van der Waals surface area contributed by atoms with Crippen LogP contribution in [0.1, 0.15) is 48.1 Å². The number of nitrogens with one attached hydrogen (secondary N) is 1. The van der Waals surface area contributed by atoms with Crippen LogP contribution in [-0.2, 0) is 4.74 Å². The Hall–Kier alpha value is -1.94. The molecule has 1 fully saturated rings. The second-order valence-corrected chi connectivity index (χ2v) is 6.28. The topological polar surface area (TPSA) is 21.3 Å². The van der Waals surface area contributed by atoms with Crippen molar-refractivity contribution < 1.29 is 13.5 Å². The zero-order chi connectivity index (χ0) is 15.8. The molecular formula is C19H19F2NO. The average molecular weight is 315 g/mol. The van der Waals surface area contributed by atoms with Crippen LogP contribution < -0.4 is 5.32 Å². The highest BCUT2D eigenvalue weighted by Gasteiger charge is 2.39. The molecule has 23 heavy (non-hydrogen) atoms. The van der Waals surface area contributed by atoms with Crippen LogP contribution in [0.3, 0.4) is 0 Å². The summed E-state index contributed by atoms with van der Waals surface area (Å²) in [5, 5.41) is 3.55. The zero-order valence-corrected chi connectivity index (χ0v) is 12.7. The lowest BCUT2D eigenvalue weighted by Crippen LogP contribution is -2.36. The van der Waals surface area contributed by atoms with Crippen LogP contribution in [0.5, 0.6) is 0 Å². The van der Waals surface area contributed by atoms with Crippen LogP contribution in [0.25, 0.3) is 0 Å². The van der Waals surface area contributed by atoms with E-state index in [1.807, 2.05) is 18.2 Å². The molecule has 0 saturated carbocycles. The molecule has 2 aromatic rings. The fourth-order valence-electron chi connectivity index (χ4n) is 3.82. The van der Waals surface area contributed by atoms with Crippen molar-refractivity contribution in [3.8, 4) is 0 Å². The van der Waals surface area contributed by atoms with Gasteiger partial charge in [-0.25, -0.2) is 8.78 Å². The van der Waals surface area contributed by atoms with Crippen molar-refractivity contribution in [3.05, 3.63) is 65.2 Å². The minimum Gasteiger partial charge on any atom is -0.378 e. The third-order valence-electron chi connectivity index (χ3n) is 4.90. The molecule has 2 nitrogen and oxygen atoms in total. The Kier molecular flexibility index (Phi) is 3.77. The van der Waals surface area contributed by atoms with Crippen LogP contribution in [0, 0.1) is 5.92 Å². The summed E-state index contributed by atoms with van der Waals surface area (Å²) in [5.41, 5.74) is 3.07. The first-order valence-corrected chi connectivity index (χ1v) is 8.09. The minimum absolute atomic E-state index is 0.0663. The molecule has 2 aliphatic rings. The summed E-state index contributed by atoms with van der Waals surface area (Å²) < 4.78 is 32.1. The van der Waals surface area contributed by atoms with Crippen LogP contribution >= 0.6 is 0 Å². The van der Waals surface area contributed by atoms with Gasteiger partial charge in [0.15, 0.2) is 0 Å². The maximum absolute atomic E-state index is 13.0. The zero-order valence-electron chi connectivity index (χ0n) is 12.7. The van der Waals surface area contributed by atoms with Gasteiger partial charge in [0.05, 0.1) is 12.1 Å². The first-order valence-electron chi connectivity index (χ1n) is 8.09. The standard InChI is InChI=1S/C19H19F2NO/c20-19(21)13-8-9-16-15(11-13)18-14(7-4-10-23-18)17(22-16)12-5-2-1-3-6-12/h1-3,5-6,8-9,11,14,17-19,22H,4,7,10H2/t14?,17-,18?/m0/s1. The molecule has 1 saturated heterocycles. The maximum atomic E-state index is 13.0. The number of anilines is 1. The summed E-state index contributed by atoms with van der Waals surface area (Å²) in [6.07, 6.45) is -0.510. The van der Waals surface area contributed by atoms with Crippen molar-refractivity contribution >= 4 is 5.69 Å². The third-order valence-corrected chi connectivity index (χ3v) is 4.90. The van der Waals surface area contributed by atoms with Crippen molar-refractivity contribution in [1.82, 2.24) is 0 Å². The number of benzene rings is 2. The van der Waals surface area contributed by atoms with Gasteiger partial charge in [-0.15, -0.1) is 0 Å². The molecule has 0 spiro atoms. The van der Waals surface area contributed by atoms with E-state index >= 15 is 0 Å². The largest absolute Gasteiger partial charge is 0.378 e. The number of rotatable bonds is 2. The van der Waals surface area contributed by atoms with Gasteiger partial charge < -0.3 is 10.1 Å². The molecule has 0 bridgehead atoms. The van der Waals surface area contributed by atoms with Gasteiger partial charge in [-0.1, -0.05) is 36.4 Å². The third kappa shape index (κ3) is 2.61. The predicted molar refractivity (Wildman–Crippen MR) is 85.6 cm³/mol. The van der Waals surface area contributed by atoms with E-state index in [1.54, 1.807) is 12.1 Å². The summed E-state index contributed by atoms with van der Waals surface area (Å²) in [6, 6.07) is 15.3. The number of hydrogen-bond acceptors (Lipinski definition) is 2. The van der Waals surface area contributed by atoms with Crippen molar-refractivity contribution in [3.63, 3.8) is 0 Å². The number of ether oxygens (including phenoxy) is 1. The summed E-state index contributed by atoms with van der Waals surface area (Å²) >= 11 is 0. The molecule has 2 heterocycles. The Labute approximate surface area is 134 Å². The number of alkyl halides is 2. The fraction of sp³-hybridized carbons (Fsp3) is 0.368. The number of halogens is 2. The highest BCUT2D eigenvalue weighted by molar-refractivity contribution is 5.58. The van der Waals surface area contributed by atoms with Gasteiger partial charge >= 0.3 is 0 Å². The second-order valence-electron chi connectivity index (χ2n) is 6.28. The van der Waals surface area contributed by atoms with Crippen LogP contribution in [0.2, 0.25) is 0 Å². The van der Waals surface area contributed by atoms with E-state index < -0.39 is 6.43 Å². The lowest BCUT2D eigenvalue weighted by atomic mass is 9.77. The lowest BCUT2D eigenvalue weighted by molar-refractivity contribution is -0.0382. The summed E-state index contributed by atoms with van der Waals surface area (Å²) in [4.78, 5) is 0. The molecule has 120 valence electrons. The second kappa shape index (κ2) is 5.93. The maximum Gasteiger partial charge on any atom is 0.263 e. The molecule has 0 amide bonds.